The number of halogens is 2. The summed E-state index contributed by atoms with van der Waals surface area (Å²) in [5, 5.41) is -0.378. The zero-order valence-electron chi connectivity index (χ0n) is 11.5. The highest BCUT2D eigenvalue weighted by Crippen LogP contribution is 2.38. The first-order valence-corrected chi connectivity index (χ1v) is 9.27. The first-order chi connectivity index (χ1) is 10.4. The summed E-state index contributed by atoms with van der Waals surface area (Å²) in [6.45, 7) is -0.689. The Kier molecular flexibility index (Phi) is 4.02. The standard InChI is InChI=1S/C13H14F2N2O3S2/c14-12(15)6-17-10-5-8(16-22(19,20)9-2-3-9)1-4-11(10)21-7-13(17)18/h1,4-5,9,12,16H,2-3,6-7H2. The molecule has 1 aromatic rings. The van der Waals surface area contributed by atoms with E-state index in [-0.39, 0.29) is 11.0 Å². The van der Waals surface area contributed by atoms with Crippen molar-refractivity contribution in [2.24, 2.45) is 0 Å². The molecule has 1 saturated carbocycles. The molecule has 0 spiro atoms. The fraction of sp³-hybridized carbons (Fsp3) is 0.462. The minimum Gasteiger partial charge on any atom is -0.305 e. The van der Waals surface area contributed by atoms with Crippen LogP contribution in [-0.2, 0) is 14.8 Å². The zero-order chi connectivity index (χ0) is 15.9. The smallest absolute Gasteiger partial charge is 0.256 e. The maximum absolute atomic E-state index is 12.7. The van der Waals surface area contributed by atoms with Gasteiger partial charge in [0.15, 0.2) is 0 Å². The number of thioether (sulfide) groups is 1. The van der Waals surface area contributed by atoms with E-state index in [2.05, 4.69) is 4.72 Å². The Morgan fingerprint density at radius 3 is 2.73 bits per heavy atom. The lowest BCUT2D eigenvalue weighted by Crippen LogP contribution is -2.38. The van der Waals surface area contributed by atoms with Crippen molar-refractivity contribution in [3.8, 4) is 0 Å². The molecule has 1 N–H and O–H groups in total. The third-order valence-corrected chi connectivity index (χ3v) is 6.36. The van der Waals surface area contributed by atoms with Crippen molar-refractivity contribution in [3.63, 3.8) is 0 Å². The largest absolute Gasteiger partial charge is 0.305 e. The molecule has 0 radical (unpaired) electrons. The van der Waals surface area contributed by atoms with Gasteiger partial charge in [0.2, 0.25) is 15.9 Å². The second-order valence-electron chi connectivity index (χ2n) is 5.21. The van der Waals surface area contributed by atoms with Gasteiger partial charge in [-0.3, -0.25) is 9.52 Å². The number of hydrogen-bond donors (Lipinski definition) is 1. The van der Waals surface area contributed by atoms with Gasteiger partial charge in [0.05, 0.1) is 28.9 Å². The average molecular weight is 348 g/mol. The van der Waals surface area contributed by atoms with Crippen LogP contribution in [0.2, 0.25) is 0 Å². The maximum atomic E-state index is 12.7. The molecule has 1 heterocycles. The summed E-state index contributed by atoms with van der Waals surface area (Å²) in [5.41, 5.74) is 0.623. The van der Waals surface area contributed by atoms with Gasteiger partial charge in [-0.25, -0.2) is 17.2 Å². The van der Waals surface area contributed by atoms with E-state index >= 15 is 0 Å². The summed E-state index contributed by atoms with van der Waals surface area (Å²) < 4.78 is 51.7. The number of hydrogen-bond acceptors (Lipinski definition) is 4. The summed E-state index contributed by atoms with van der Waals surface area (Å²) in [5.74, 6) is -0.299. The quantitative estimate of drug-likeness (QED) is 0.887. The molecule has 0 unspecified atom stereocenters. The van der Waals surface area contributed by atoms with E-state index in [0.29, 0.717) is 29.1 Å². The molecule has 5 nitrogen and oxygen atoms in total. The molecule has 1 aliphatic carbocycles. The molecule has 0 saturated heterocycles. The molecule has 1 aliphatic heterocycles. The van der Waals surface area contributed by atoms with Crippen molar-refractivity contribution in [1.82, 2.24) is 0 Å². The number of amides is 1. The predicted octanol–water partition coefficient (Wildman–Crippen LogP) is 2.29. The fourth-order valence-electron chi connectivity index (χ4n) is 2.23. The van der Waals surface area contributed by atoms with Gasteiger partial charge in [-0.1, -0.05) is 0 Å². The van der Waals surface area contributed by atoms with Crippen molar-refractivity contribution in [2.75, 3.05) is 21.9 Å². The van der Waals surface area contributed by atoms with Gasteiger partial charge in [-0.15, -0.1) is 11.8 Å². The van der Waals surface area contributed by atoms with Crippen LogP contribution in [0.15, 0.2) is 23.1 Å². The van der Waals surface area contributed by atoms with Crippen molar-refractivity contribution in [2.45, 2.75) is 29.4 Å². The molecule has 0 bridgehead atoms. The number of anilines is 2. The molecule has 1 fully saturated rings. The number of sulfonamides is 1. The van der Waals surface area contributed by atoms with E-state index in [1.54, 1.807) is 12.1 Å². The molecular weight excluding hydrogens is 334 g/mol. The molecule has 1 aromatic carbocycles. The van der Waals surface area contributed by atoms with Crippen molar-refractivity contribution in [3.05, 3.63) is 18.2 Å². The van der Waals surface area contributed by atoms with Crippen LogP contribution in [0, 0.1) is 0 Å². The van der Waals surface area contributed by atoms with Crippen LogP contribution in [0.4, 0.5) is 20.2 Å². The van der Waals surface area contributed by atoms with Crippen LogP contribution in [0.25, 0.3) is 0 Å². The van der Waals surface area contributed by atoms with Gasteiger partial charge in [0.1, 0.15) is 0 Å². The zero-order valence-corrected chi connectivity index (χ0v) is 13.1. The van der Waals surface area contributed by atoms with Gasteiger partial charge in [0.25, 0.3) is 6.43 Å². The van der Waals surface area contributed by atoms with Crippen LogP contribution in [0.5, 0.6) is 0 Å². The molecule has 22 heavy (non-hydrogen) atoms. The van der Waals surface area contributed by atoms with Crippen LogP contribution in [0.1, 0.15) is 12.8 Å². The summed E-state index contributed by atoms with van der Waals surface area (Å²) in [7, 11) is -3.43. The van der Waals surface area contributed by atoms with E-state index in [0.717, 1.165) is 4.90 Å². The summed E-state index contributed by atoms with van der Waals surface area (Å²) in [6, 6.07) is 4.68. The number of fused-ring (bicyclic) bond motifs is 1. The Balaban J connectivity index is 1.90. The van der Waals surface area contributed by atoms with Crippen molar-refractivity contribution in [1.29, 1.82) is 0 Å². The first kappa shape index (κ1) is 15.5. The molecule has 0 aromatic heterocycles. The van der Waals surface area contributed by atoms with Crippen LogP contribution < -0.4 is 9.62 Å². The average Bonchev–Trinajstić information content (AvgIpc) is 3.26. The second kappa shape index (κ2) is 5.69. The van der Waals surface area contributed by atoms with Gasteiger partial charge >= 0.3 is 0 Å². The molecule has 1 amide bonds. The minimum absolute atomic E-state index is 0.104. The predicted molar refractivity (Wildman–Crippen MR) is 81.1 cm³/mol. The molecular formula is C13H14F2N2O3S2. The number of alkyl halides is 2. The van der Waals surface area contributed by atoms with Crippen LogP contribution in [0.3, 0.4) is 0 Å². The van der Waals surface area contributed by atoms with Crippen LogP contribution in [-0.4, -0.2) is 38.3 Å². The summed E-state index contributed by atoms with van der Waals surface area (Å²) >= 11 is 1.26. The van der Waals surface area contributed by atoms with Crippen molar-refractivity contribution < 1.29 is 22.0 Å². The monoisotopic (exact) mass is 348 g/mol. The maximum Gasteiger partial charge on any atom is 0.256 e. The number of benzene rings is 1. The SMILES string of the molecule is O=C1CSc2ccc(NS(=O)(=O)C3CC3)cc2N1CC(F)F. The minimum atomic E-state index is -3.43. The normalized spacial score (nSPS) is 18.5. The number of nitrogens with one attached hydrogen (secondary N) is 1. The van der Waals surface area contributed by atoms with E-state index in [9.17, 15) is 22.0 Å². The lowest BCUT2D eigenvalue weighted by atomic mass is 10.2. The molecule has 120 valence electrons. The fourth-order valence-corrected chi connectivity index (χ4v) is 4.52. The third kappa shape index (κ3) is 3.19. The van der Waals surface area contributed by atoms with Gasteiger partial charge in [-0.2, -0.15) is 0 Å². The summed E-state index contributed by atoms with van der Waals surface area (Å²) in [6.07, 6.45) is -1.38. The molecule has 9 heteroatoms. The number of carbonyl (C=O) groups is 1. The third-order valence-electron chi connectivity index (χ3n) is 3.45. The highest BCUT2D eigenvalue weighted by atomic mass is 32.2. The van der Waals surface area contributed by atoms with Crippen molar-refractivity contribution >= 4 is 39.1 Å². The van der Waals surface area contributed by atoms with Crippen LogP contribution >= 0.6 is 11.8 Å². The molecule has 3 rings (SSSR count). The van der Waals surface area contributed by atoms with E-state index < -0.39 is 28.9 Å². The summed E-state index contributed by atoms with van der Waals surface area (Å²) in [4.78, 5) is 13.5. The van der Waals surface area contributed by atoms with Gasteiger partial charge < -0.3 is 4.90 Å². The highest BCUT2D eigenvalue weighted by Gasteiger charge is 2.36. The number of rotatable bonds is 5. The Morgan fingerprint density at radius 2 is 2.09 bits per heavy atom. The lowest BCUT2D eigenvalue weighted by molar-refractivity contribution is -0.116. The van der Waals surface area contributed by atoms with E-state index in [1.165, 1.54) is 17.8 Å². The Morgan fingerprint density at radius 1 is 1.36 bits per heavy atom. The molecule has 2 aliphatic rings. The Bertz CT molecular complexity index is 705. The van der Waals surface area contributed by atoms with E-state index in [1.807, 2.05) is 0 Å². The van der Waals surface area contributed by atoms with Gasteiger partial charge in [0, 0.05) is 4.90 Å². The number of carbonyl (C=O) groups excluding carboxylic acids is 1. The Labute approximate surface area is 131 Å². The number of nitrogens with zero attached hydrogens (tertiary/aromatic N) is 1. The van der Waals surface area contributed by atoms with Gasteiger partial charge in [-0.05, 0) is 31.0 Å². The Hall–Kier alpha value is -1.35. The molecule has 0 atom stereocenters. The first-order valence-electron chi connectivity index (χ1n) is 6.74. The van der Waals surface area contributed by atoms with E-state index in [4.69, 9.17) is 0 Å². The second-order valence-corrected chi connectivity index (χ2v) is 8.19. The highest BCUT2D eigenvalue weighted by molar-refractivity contribution is 8.00. The lowest BCUT2D eigenvalue weighted by Gasteiger charge is -2.29. The topological polar surface area (TPSA) is 66.5 Å².